The number of aromatic nitrogens is 3. The molecule has 4 atom stereocenters. The third kappa shape index (κ3) is 4.48. The lowest BCUT2D eigenvalue weighted by molar-refractivity contribution is 0.336. The lowest BCUT2D eigenvalue weighted by Gasteiger charge is -2.39. The highest BCUT2D eigenvalue weighted by Crippen LogP contribution is 2.63. The lowest BCUT2D eigenvalue weighted by Crippen LogP contribution is -2.32. The number of ether oxygens (including phenoxy) is 1. The number of hydrogen-bond acceptors (Lipinski definition) is 4. The van der Waals surface area contributed by atoms with E-state index in [4.69, 9.17) is 19.7 Å². The summed E-state index contributed by atoms with van der Waals surface area (Å²) in [6, 6.07) is 52.3. The molecule has 1 aliphatic heterocycles. The molecule has 1 spiro atoms. The van der Waals surface area contributed by atoms with Gasteiger partial charge in [-0.2, -0.15) is 0 Å². The third-order valence-electron chi connectivity index (χ3n) is 13.5. The minimum Gasteiger partial charge on any atom is -0.457 e. The summed E-state index contributed by atoms with van der Waals surface area (Å²) in [6.45, 7) is 0. The van der Waals surface area contributed by atoms with Crippen molar-refractivity contribution in [1.82, 2.24) is 15.0 Å². The van der Waals surface area contributed by atoms with Crippen LogP contribution in [0, 0.1) is 17.8 Å². The van der Waals surface area contributed by atoms with E-state index in [9.17, 15) is 0 Å². The minimum atomic E-state index is -0.510. The average molecular weight is 710 g/mol. The van der Waals surface area contributed by atoms with Gasteiger partial charge in [-0.3, -0.25) is 0 Å². The molecule has 4 nitrogen and oxygen atoms in total. The van der Waals surface area contributed by atoms with E-state index in [1.54, 1.807) is 0 Å². The van der Waals surface area contributed by atoms with Gasteiger partial charge in [0.2, 0.25) is 0 Å². The van der Waals surface area contributed by atoms with Crippen LogP contribution in [0.4, 0.5) is 0 Å². The Morgan fingerprint density at radius 3 is 1.95 bits per heavy atom. The van der Waals surface area contributed by atoms with Crippen molar-refractivity contribution in [1.29, 1.82) is 0 Å². The molecule has 6 aliphatic rings. The van der Waals surface area contributed by atoms with Gasteiger partial charge >= 0.3 is 0 Å². The van der Waals surface area contributed by atoms with Crippen LogP contribution in [0.1, 0.15) is 60.2 Å². The molecule has 55 heavy (non-hydrogen) atoms. The molecule has 4 heteroatoms. The Morgan fingerprint density at radius 2 is 1.13 bits per heavy atom. The van der Waals surface area contributed by atoms with Gasteiger partial charge in [0.1, 0.15) is 17.3 Å². The van der Waals surface area contributed by atoms with E-state index >= 15 is 0 Å². The van der Waals surface area contributed by atoms with Gasteiger partial charge in [-0.15, -0.1) is 0 Å². The molecule has 3 unspecified atom stereocenters. The molecule has 2 fully saturated rings. The predicted octanol–water partition coefficient (Wildman–Crippen LogP) is 12.0. The van der Waals surface area contributed by atoms with Gasteiger partial charge in [-0.25, -0.2) is 15.0 Å². The lowest BCUT2D eigenvalue weighted by atomic mass is 9.66. The Labute approximate surface area is 321 Å². The monoisotopic (exact) mass is 709 g/mol. The Hall–Kier alpha value is -6.13. The van der Waals surface area contributed by atoms with Crippen molar-refractivity contribution in [2.24, 2.45) is 17.8 Å². The molecule has 4 bridgehead atoms. The van der Waals surface area contributed by atoms with Gasteiger partial charge in [-0.05, 0) is 101 Å². The van der Waals surface area contributed by atoms with Crippen LogP contribution >= 0.6 is 0 Å². The van der Waals surface area contributed by atoms with Crippen LogP contribution < -0.4 is 4.74 Å². The molecule has 6 aromatic carbocycles. The van der Waals surface area contributed by atoms with Gasteiger partial charge in [-0.1, -0.05) is 140 Å². The van der Waals surface area contributed by atoms with Gasteiger partial charge < -0.3 is 4.74 Å². The van der Waals surface area contributed by atoms with Gasteiger partial charge in [0, 0.05) is 27.7 Å². The summed E-state index contributed by atoms with van der Waals surface area (Å²) in [5.41, 5.74) is 11.3. The molecule has 1 aromatic heterocycles. The van der Waals surface area contributed by atoms with E-state index in [-0.39, 0.29) is 5.41 Å². The van der Waals surface area contributed by atoms with Gasteiger partial charge in [0.15, 0.2) is 11.6 Å². The molecule has 264 valence electrons. The smallest absolute Gasteiger partial charge is 0.163 e. The van der Waals surface area contributed by atoms with Crippen LogP contribution in [0.25, 0.3) is 45.0 Å². The fourth-order valence-corrected chi connectivity index (χ4v) is 11.3. The highest BCUT2D eigenvalue weighted by Gasteiger charge is 2.53. The zero-order valence-corrected chi connectivity index (χ0v) is 30.5. The highest BCUT2D eigenvalue weighted by atomic mass is 16.5. The van der Waals surface area contributed by atoms with E-state index in [1.165, 1.54) is 58.2 Å². The van der Waals surface area contributed by atoms with Gasteiger partial charge in [0.25, 0.3) is 0 Å². The number of fused-ring (bicyclic) bond motifs is 10. The molecular formula is C51H39N3O. The van der Waals surface area contributed by atoms with Crippen LogP contribution in [0.2, 0.25) is 0 Å². The summed E-state index contributed by atoms with van der Waals surface area (Å²) in [6.07, 6.45) is 11.1. The Morgan fingerprint density at radius 1 is 0.491 bits per heavy atom. The number of hydrogen-bond donors (Lipinski definition) is 0. The predicted molar refractivity (Wildman–Crippen MR) is 218 cm³/mol. The third-order valence-corrected chi connectivity index (χ3v) is 13.5. The quantitative estimate of drug-likeness (QED) is 0.171. The molecular weight excluding hydrogens is 671 g/mol. The first-order chi connectivity index (χ1) is 27.2. The second kappa shape index (κ2) is 11.7. The maximum Gasteiger partial charge on any atom is 0.163 e. The summed E-state index contributed by atoms with van der Waals surface area (Å²) >= 11 is 0. The molecule has 13 rings (SSSR count). The zero-order valence-electron chi connectivity index (χ0n) is 30.5. The topological polar surface area (TPSA) is 47.9 Å². The maximum atomic E-state index is 6.59. The van der Waals surface area contributed by atoms with E-state index < -0.39 is 5.41 Å². The second-order valence-corrected chi connectivity index (χ2v) is 16.4. The molecule has 0 saturated heterocycles. The molecule has 0 amide bonds. The first-order valence-electron chi connectivity index (χ1n) is 19.9. The molecule has 5 aliphatic carbocycles. The largest absolute Gasteiger partial charge is 0.457 e. The van der Waals surface area contributed by atoms with Crippen molar-refractivity contribution < 1.29 is 4.74 Å². The number of rotatable bonds is 4. The molecule has 2 saturated carbocycles. The van der Waals surface area contributed by atoms with Crippen molar-refractivity contribution >= 4 is 0 Å². The summed E-state index contributed by atoms with van der Waals surface area (Å²) in [5, 5.41) is 0. The van der Waals surface area contributed by atoms with E-state index in [0.29, 0.717) is 17.8 Å². The van der Waals surface area contributed by atoms with Crippen LogP contribution in [0.3, 0.4) is 0 Å². The van der Waals surface area contributed by atoms with Crippen molar-refractivity contribution in [3.8, 4) is 56.5 Å². The fourth-order valence-electron chi connectivity index (χ4n) is 11.3. The zero-order chi connectivity index (χ0) is 36.1. The van der Waals surface area contributed by atoms with Crippen molar-refractivity contribution in [2.75, 3.05) is 0 Å². The summed E-state index contributed by atoms with van der Waals surface area (Å²) in [7, 11) is 0. The second-order valence-electron chi connectivity index (χ2n) is 16.4. The van der Waals surface area contributed by atoms with E-state index in [2.05, 4.69) is 158 Å². The standard InChI is InChI=1S/C51H39N3O/c1-2-12-33(13-3-1)47-52-48(54-49(53-47)50-29-32-24-26-36(30-50)37(31-50)27-25-32)35-15-10-14-34(28-35)38-17-11-21-43-46(38)39-16-4-5-18-40(39)51(43)41-19-6-8-22-44(41)55-45-23-9-7-20-42(45)51/h1-24,26,28,32,36-37H,25,27,29-31H2/t32-,36?,37?,50?/m1/s1. The summed E-state index contributed by atoms with van der Waals surface area (Å²) in [5.74, 6) is 6.25. The highest BCUT2D eigenvalue weighted by molar-refractivity contribution is 5.97. The normalized spacial score (nSPS) is 23.0. The molecule has 0 N–H and O–H groups in total. The Bertz CT molecular complexity index is 2670. The summed E-state index contributed by atoms with van der Waals surface area (Å²) < 4.78 is 6.59. The fraction of sp³-hybridized carbons (Fsp3) is 0.196. The first kappa shape index (κ1) is 31.2. The first-order valence-corrected chi connectivity index (χ1v) is 19.9. The van der Waals surface area contributed by atoms with E-state index in [1.807, 2.05) is 0 Å². The Kier molecular flexibility index (Phi) is 6.64. The van der Waals surface area contributed by atoms with Crippen LogP contribution in [0.15, 0.2) is 158 Å². The van der Waals surface area contributed by atoms with Crippen LogP contribution in [0.5, 0.6) is 11.5 Å². The number of allylic oxidation sites excluding steroid dienone is 2. The number of nitrogens with zero attached hydrogens (tertiary/aromatic N) is 3. The SMILES string of the molecule is C1=C[C@@H]2CCC3CC(c4nc(-c5ccccc5)nc(-c5cccc(-c6cccc7c6-c6ccccc6C76c7ccccc7Oc7ccccc76)c5)n4)(CC13)C2. The van der Waals surface area contributed by atoms with Crippen molar-refractivity contribution in [2.45, 2.75) is 42.9 Å². The average Bonchev–Trinajstić information content (AvgIpc) is 3.47. The van der Waals surface area contributed by atoms with Gasteiger partial charge in [0.05, 0.1) is 5.41 Å². The number of para-hydroxylation sites is 2. The maximum absolute atomic E-state index is 6.59. The molecule has 0 radical (unpaired) electrons. The van der Waals surface area contributed by atoms with Crippen molar-refractivity contribution in [3.63, 3.8) is 0 Å². The van der Waals surface area contributed by atoms with Crippen molar-refractivity contribution in [3.05, 3.63) is 186 Å². The Balaban J connectivity index is 1.05. The minimum absolute atomic E-state index is 0.0204. The summed E-state index contributed by atoms with van der Waals surface area (Å²) in [4.78, 5) is 16.0. The van der Waals surface area contributed by atoms with E-state index in [0.717, 1.165) is 58.5 Å². The van der Waals surface area contributed by atoms with Crippen LogP contribution in [-0.2, 0) is 10.8 Å². The molecule has 2 heterocycles. The number of benzene rings is 6. The van der Waals surface area contributed by atoms with Crippen LogP contribution in [-0.4, -0.2) is 15.0 Å². The molecule has 7 aromatic rings.